The number of likely N-dealkylation sites (tertiary alicyclic amines) is 1. The third-order valence-corrected chi connectivity index (χ3v) is 5.42. The first kappa shape index (κ1) is 16.0. The molecule has 134 valence electrons. The minimum absolute atomic E-state index is 0.0655. The number of fused-ring (bicyclic) bond motifs is 2. The minimum Gasteiger partial charge on any atom is -0.338 e. The Morgan fingerprint density at radius 1 is 1.07 bits per heavy atom. The Labute approximate surface area is 157 Å². The van der Waals surface area contributed by atoms with E-state index in [4.69, 9.17) is 0 Å². The predicted octanol–water partition coefficient (Wildman–Crippen LogP) is 3.90. The van der Waals surface area contributed by atoms with Crippen LogP contribution in [0.5, 0.6) is 0 Å². The number of piperidine rings is 1. The first-order valence-electron chi connectivity index (χ1n) is 9.36. The Kier molecular flexibility index (Phi) is 3.85. The summed E-state index contributed by atoms with van der Waals surface area (Å²) in [7, 11) is 0. The number of hydrogen-bond donors (Lipinski definition) is 0. The molecular formula is C22H20N4O. The van der Waals surface area contributed by atoms with E-state index in [2.05, 4.69) is 20.4 Å². The Bertz CT molecular complexity index is 1130. The summed E-state index contributed by atoms with van der Waals surface area (Å²) in [4.78, 5) is 23.9. The van der Waals surface area contributed by atoms with Gasteiger partial charge in [0.15, 0.2) is 0 Å². The summed E-state index contributed by atoms with van der Waals surface area (Å²) in [5.41, 5.74) is 3.75. The summed E-state index contributed by atoms with van der Waals surface area (Å²) < 4.78 is 2.14. The molecule has 0 spiro atoms. The van der Waals surface area contributed by atoms with Gasteiger partial charge in [0.05, 0.1) is 11.1 Å². The maximum absolute atomic E-state index is 13.1. The predicted molar refractivity (Wildman–Crippen MR) is 105 cm³/mol. The number of benzene rings is 1. The molecule has 0 saturated carbocycles. The van der Waals surface area contributed by atoms with Gasteiger partial charge in [0, 0.05) is 48.7 Å². The van der Waals surface area contributed by atoms with Crippen molar-refractivity contribution in [1.82, 2.24) is 19.3 Å². The maximum Gasteiger partial charge on any atom is 0.255 e. The average molecular weight is 356 g/mol. The third kappa shape index (κ3) is 2.85. The van der Waals surface area contributed by atoms with E-state index < -0.39 is 0 Å². The van der Waals surface area contributed by atoms with Crippen LogP contribution in [0.25, 0.3) is 16.6 Å². The molecule has 0 bridgehead atoms. The summed E-state index contributed by atoms with van der Waals surface area (Å²) in [6.07, 6.45) is 7.61. The highest BCUT2D eigenvalue weighted by atomic mass is 16.2. The van der Waals surface area contributed by atoms with Gasteiger partial charge in [-0.25, -0.2) is 4.98 Å². The number of hydrogen-bond acceptors (Lipinski definition) is 3. The van der Waals surface area contributed by atoms with Gasteiger partial charge in [-0.15, -0.1) is 0 Å². The van der Waals surface area contributed by atoms with Crippen molar-refractivity contribution in [1.29, 1.82) is 0 Å². The van der Waals surface area contributed by atoms with Gasteiger partial charge < -0.3 is 9.30 Å². The lowest BCUT2D eigenvalue weighted by molar-refractivity contribution is 0.0705. The van der Waals surface area contributed by atoms with Gasteiger partial charge >= 0.3 is 0 Å². The summed E-state index contributed by atoms with van der Waals surface area (Å²) >= 11 is 0. The Morgan fingerprint density at radius 2 is 2.00 bits per heavy atom. The van der Waals surface area contributed by atoms with Crippen LogP contribution in [0.4, 0.5) is 0 Å². The Morgan fingerprint density at radius 3 is 2.96 bits per heavy atom. The molecule has 27 heavy (non-hydrogen) atoms. The fraction of sp³-hybridized carbons (Fsp3) is 0.227. The van der Waals surface area contributed by atoms with E-state index in [0.717, 1.165) is 42.5 Å². The lowest BCUT2D eigenvalue weighted by Gasteiger charge is -2.33. The minimum atomic E-state index is 0.0655. The Hall–Kier alpha value is -3.21. The van der Waals surface area contributed by atoms with Gasteiger partial charge in [-0.3, -0.25) is 9.78 Å². The van der Waals surface area contributed by atoms with Crippen LogP contribution in [0, 0.1) is 0 Å². The molecule has 1 saturated heterocycles. The van der Waals surface area contributed by atoms with Crippen LogP contribution in [0.2, 0.25) is 0 Å². The van der Waals surface area contributed by atoms with Gasteiger partial charge in [-0.05, 0) is 37.1 Å². The molecule has 1 aliphatic rings. The third-order valence-electron chi connectivity index (χ3n) is 5.42. The standard InChI is InChI=1S/C22H20N4O/c27-22(18-13-16-5-1-2-7-19(16)24-14-18)25-11-4-6-17(15-25)20-8-3-9-21-23-10-12-26(20)21/h1-3,5,7-10,12-14,17H,4,6,11,15H2. The molecule has 1 unspecified atom stereocenters. The maximum atomic E-state index is 13.1. The first-order chi connectivity index (χ1) is 13.3. The number of imidazole rings is 1. The van der Waals surface area contributed by atoms with Crippen LogP contribution in [0.3, 0.4) is 0 Å². The van der Waals surface area contributed by atoms with E-state index in [1.165, 1.54) is 5.69 Å². The van der Waals surface area contributed by atoms with Gasteiger partial charge in [0.1, 0.15) is 5.65 Å². The first-order valence-corrected chi connectivity index (χ1v) is 9.36. The van der Waals surface area contributed by atoms with Crippen LogP contribution in [-0.2, 0) is 0 Å². The zero-order chi connectivity index (χ0) is 18.2. The normalized spacial score (nSPS) is 17.5. The molecule has 1 aliphatic heterocycles. The summed E-state index contributed by atoms with van der Waals surface area (Å²) in [6, 6.07) is 16.0. The van der Waals surface area contributed by atoms with Crippen LogP contribution in [0.1, 0.15) is 34.8 Å². The molecule has 1 atom stereocenters. The number of amides is 1. The monoisotopic (exact) mass is 356 g/mol. The fourth-order valence-corrected chi connectivity index (χ4v) is 4.08. The topological polar surface area (TPSA) is 50.5 Å². The van der Waals surface area contributed by atoms with Crippen molar-refractivity contribution >= 4 is 22.5 Å². The van der Waals surface area contributed by atoms with Crippen LogP contribution in [0.15, 0.2) is 67.1 Å². The zero-order valence-corrected chi connectivity index (χ0v) is 15.0. The van der Waals surface area contributed by atoms with Crippen molar-refractivity contribution in [2.75, 3.05) is 13.1 Å². The smallest absolute Gasteiger partial charge is 0.255 e. The number of carbonyl (C=O) groups is 1. The molecule has 1 aromatic carbocycles. The van der Waals surface area contributed by atoms with Crippen molar-refractivity contribution in [3.63, 3.8) is 0 Å². The molecule has 5 rings (SSSR count). The number of rotatable bonds is 2. The molecule has 4 aromatic rings. The van der Waals surface area contributed by atoms with E-state index in [9.17, 15) is 4.79 Å². The second-order valence-corrected chi connectivity index (χ2v) is 7.11. The number of aromatic nitrogens is 3. The fourth-order valence-electron chi connectivity index (χ4n) is 4.08. The molecule has 5 nitrogen and oxygen atoms in total. The van der Waals surface area contributed by atoms with Crippen LogP contribution in [-0.4, -0.2) is 38.3 Å². The number of para-hydroxylation sites is 1. The van der Waals surface area contributed by atoms with Gasteiger partial charge in [-0.1, -0.05) is 24.3 Å². The van der Waals surface area contributed by atoms with E-state index in [1.54, 1.807) is 6.20 Å². The van der Waals surface area contributed by atoms with E-state index in [-0.39, 0.29) is 5.91 Å². The second-order valence-electron chi connectivity index (χ2n) is 7.11. The van der Waals surface area contributed by atoms with Gasteiger partial charge in [-0.2, -0.15) is 0 Å². The summed E-state index contributed by atoms with van der Waals surface area (Å²) in [5.74, 6) is 0.379. The number of carbonyl (C=O) groups excluding carboxylic acids is 1. The van der Waals surface area contributed by atoms with Crippen molar-refractivity contribution in [2.45, 2.75) is 18.8 Å². The highest BCUT2D eigenvalue weighted by Crippen LogP contribution is 2.28. The molecule has 5 heteroatoms. The van der Waals surface area contributed by atoms with Crippen molar-refractivity contribution < 1.29 is 4.79 Å². The average Bonchev–Trinajstić information content (AvgIpc) is 3.22. The second kappa shape index (κ2) is 6.50. The van der Waals surface area contributed by atoms with E-state index in [0.29, 0.717) is 11.5 Å². The molecule has 0 radical (unpaired) electrons. The van der Waals surface area contributed by atoms with E-state index >= 15 is 0 Å². The van der Waals surface area contributed by atoms with Crippen LogP contribution >= 0.6 is 0 Å². The number of nitrogens with zero attached hydrogens (tertiary/aromatic N) is 4. The zero-order valence-electron chi connectivity index (χ0n) is 15.0. The van der Waals surface area contributed by atoms with E-state index in [1.807, 2.05) is 59.8 Å². The van der Waals surface area contributed by atoms with Crippen molar-refractivity contribution in [3.8, 4) is 0 Å². The molecule has 3 aromatic heterocycles. The van der Waals surface area contributed by atoms with Gasteiger partial charge in [0.25, 0.3) is 5.91 Å². The molecule has 1 amide bonds. The Balaban J connectivity index is 1.43. The number of pyridine rings is 2. The highest BCUT2D eigenvalue weighted by molar-refractivity contribution is 5.97. The molecule has 1 fully saturated rings. The lowest BCUT2D eigenvalue weighted by Crippen LogP contribution is -2.39. The lowest BCUT2D eigenvalue weighted by atomic mass is 9.93. The van der Waals surface area contributed by atoms with Crippen molar-refractivity contribution in [3.05, 3.63) is 78.4 Å². The molecule has 0 aliphatic carbocycles. The van der Waals surface area contributed by atoms with Gasteiger partial charge in [0.2, 0.25) is 0 Å². The van der Waals surface area contributed by atoms with Crippen LogP contribution < -0.4 is 0 Å². The quantitative estimate of drug-likeness (QED) is 0.547. The SMILES string of the molecule is O=C(c1cnc2ccccc2c1)N1CCCC(c2cccc3nccn23)C1. The largest absolute Gasteiger partial charge is 0.338 e. The molecule has 4 heterocycles. The van der Waals surface area contributed by atoms with Crippen molar-refractivity contribution in [2.24, 2.45) is 0 Å². The molecule has 0 N–H and O–H groups in total. The summed E-state index contributed by atoms with van der Waals surface area (Å²) in [5, 5.41) is 1.00. The summed E-state index contributed by atoms with van der Waals surface area (Å²) in [6.45, 7) is 1.52. The molecular weight excluding hydrogens is 336 g/mol. The highest BCUT2D eigenvalue weighted by Gasteiger charge is 2.27.